The molecule has 3 rings (SSSR count). The Bertz CT molecular complexity index is 845. The minimum Gasteiger partial charge on any atom is -0.445 e. The normalized spacial score (nSPS) is 12.2. The van der Waals surface area contributed by atoms with Gasteiger partial charge in [-0.3, -0.25) is 0 Å². The van der Waals surface area contributed by atoms with Gasteiger partial charge >= 0.3 is 6.09 Å². The van der Waals surface area contributed by atoms with Gasteiger partial charge in [-0.15, -0.1) is 0 Å². The average molecular weight is 370 g/mol. The molecular weight excluding hydrogens is 348 g/mol. The van der Waals surface area contributed by atoms with Crippen molar-refractivity contribution in [1.29, 1.82) is 0 Å². The number of rotatable bonds is 6. The molecule has 25 heavy (non-hydrogen) atoms. The molecule has 138 valence electrons. The zero-order chi connectivity index (χ0) is 18.0. The fourth-order valence-electron chi connectivity index (χ4n) is 2.06. The van der Waals surface area contributed by atoms with Crippen molar-refractivity contribution in [2.75, 3.05) is 13.2 Å². The number of hydrogen-bond donors (Lipinski definition) is 0. The molecule has 0 spiro atoms. The second-order valence-electron chi connectivity index (χ2n) is 6.75. The summed E-state index contributed by atoms with van der Waals surface area (Å²) in [5, 5.41) is 0. The molecule has 3 aromatic rings. The van der Waals surface area contributed by atoms with Gasteiger partial charge in [-0.1, -0.05) is 19.6 Å². The van der Waals surface area contributed by atoms with E-state index in [2.05, 4.69) is 19.6 Å². The lowest BCUT2D eigenvalue weighted by atomic mass is 10.3. The summed E-state index contributed by atoms with van der Waals surface area (Å²) in [6.07, 6.45) is -0.738. The van der Waals surface area contributed by atoms with Crippen molar-refractivity contribution in [3.05, 3.63) is 12.1 Å². The molecule has 2 heterocycles. The molecule has 0 aliphatic carbocycles. The summed E-state index contributed by atoms with van der Waals surface area (Å²) >= 11 is 0. The Morgan fingerprint density at radius 1 is 1.04 bits per heavy atom. The molecule has 10 heteroatoms. The van der Waals surface area contributed by atoms with Gasteiger partial charge < -0.3 is 27.6 Å². The van der Waals surface area contributed by atoms with Crippen molar-refractivity contribution >= 4 is 36.5 Å². The Kier molecular flexibility index (Phi) is 4.82. The predicted molar refractivity (Wildman–Crippen MR) is 90.7 cm³/mol. The van der Waals surface area contributed by atoms with Crippen molar-refractivity contribution in [2.45, 2.75) is 39.3 Å². The summed E-state index contributed by atoms with van der Waals surface area (Å²) in [6, 6.07) is 4.21. The molecular formula is C15H22N2O7Si. The third-order valence-corrected chi connectivity index (χ3v) is 5.09. The number of nitrogens with zero attached hydrogens (tertiary/aromatic N) is 2. The van der Waals surface area contributed by atoms with Gasteiger partial charge in [0.05, 0.1) is 6.61 Å². The number of fused-ring (bicyclic) bond motifs is 2. The van der Waals surface area contributed by atoms with Crippen LogP contribution in [0, 0.1) is 0 Å². The van der Waals surface area contributed by atoms with Crippen molar-refractivity contribution in [3.8, 4) is 0 Å². The lowest BCUT2D eigenvalue weighted by molar-refractivity contribution is -0.0404. The van der Waals surface area contributed by atoms with E-state index in [0.717, 1.165) is 6.04 Å². The summed E-state index contributed by atoms with van der Waals surface area (Å²) < 4.78 is 32.0. The van der Waals surface area contributed by atoms with Gasteiger partial charge in [0.15, 0.2) is 6.73 Å². The third kappa shape index (κ3) is 4.20. The summed E-state index contributed by atoms with van der Waals surface area (Å²) in [6.45, 7) is 9.61. The number of ether oxygens (including phenoxy) is 2. The van der Waals surface area contributed by atoms with Crippen LogP contribution in [-0.4, -0.2) is 37.2 Å². The molecule has 0 bridgehead atoms. The van der Waals surface area contributed by atoms with Crippen molar-refractivity contribution in [1.82, 2.24) is 9.82 Å². The van der Waals surface area contributed by atoms with Gasteiger partial charge in [0.1, 0.15) is 0 Å². The van der Waals surface area contributed by atoms with E-state index in [-0.39, 0.29) is 13.3 Å². The van der Waals surface area contributed by atoms with Gasteiger partial charge in [0, 0.05) is 31.7 Å². The van der Waals surface area contributed by atoms with Gasteiger partial charge in [-0.25, -0.2) is 4.79 Å². The Morgan fingerprint density at radius 3 is 2.12 bits per heavy atom. The van der Waals surface area contributed by atoms with Crippen LogP contribution in [0.1, 0.15) is 6.92 Å². The van der Waals surface area contributed by atoms with Crippen molar-refractivity contribution in [3.63, 3.8) is 0 Å². The molecule has 2 aromatic heterocycles. The average Bonchev–Trinajstić information content (AvgIpc) is 3.10. The Labute approximate surface area is 144 Å². The van der Waals surface area contributed by atoms with Crippen LogP contribution in [0.25, 0.3) is 22.3 Å². The molecule has 0 saturated carbocycles. The van der Waals surface area contributed by atoms with Crippen LogP contribution < -0.4 is 0 Å². The van der Waals surface area contributed by atoms with E-state index >= 15 is 0 Å². The highest BCUT2D eigenvalue weighted by molar-refractivity contribution is 6.76. The molecule has 0 saturated heterocycles. The molecule has 1 aromatic carbocycles. The maximum absolute atomic E-state index is 11.6. The Hall–Kier alpha value is -2.33. The zero-order valence-electron chi connectivity index (χ0n) is 14.7. The van der Waals surface area contributed by atoms with Crippen LogP contribution in [0.2, 0.25) is 25.7 Å². The molecule has 0 radical (unpaired) electrons. The number of hydrogen-bond acceptors (Lipinski definition) is 7. The minimum atomic E-state index is -1.13. The Morgan fingerprint density at radius 2 is 1.60 bits per heavy atom. The molecule has 0 amide bonds. The largest absolute Gasteiger partial charge is 0.479 e. The van der Waals surface area contributed by atoms with Crippen molar-refractivity contribution < 1.29 is 32.4 Å². The molecule has 0 atom stereocenters. The highest BCUT2D eigenvalue weighted by Crippen LogP contribution is 2.24. The van der Waals surface area contributed by atoms with E-state index in [1.807, 2.05) is 0 Å². The number of carbonyl (C=O) groups is 1. The monoisotopic (exact) mass is 370 g/mol. The summed E-state index contributed by atoms with van der Waals surface area (Å²) in [5.41, 5.74) is 1.55. The quantitative estimate of drug-likeness (QED) is 0.468. The summed E-state index contributed by atoms with van der Waals surface area (Å²) in [5.74, 6) is 0. The smallest absolute Gasteiger partial charge is 0.445 e. The minimum absolute atomic E-state index is 0.181. The summed E-state index contributed by atoms with van der Waals surface area (Å²) in [7, 11) is -1.13. The van der Waals surface area contributed by atoms with E-state index in [0.29, 0.717) is 33.9 Å². The Balaban J connectivity index is 1.74. The van der Waals surface area contributed by atoms with Crippen LogP contribution in [0.15, 0.2) is 30.2 Å². The number of carbonyl (C=O) groups excluding carboxylic acids is 1. The zero-order valence-corrected chi connectivity index (χ0v) is 15.7. The lowest BCUT2D eigenvalue weighted by Gasteiger charge is -2.14. The van der Waals surface area contributed by atoms with Gasteiger partial charge in [-0.2, -0.15) is 0 Å². The molecule has 0 aliphatic heterocycles. The lowest BCUT2D eigenvalue weighted by Crippen LogP contribution is -2.21. The maximum atomic E-state index is 11.6. The molecule has 0 aliphatic rings. The van der Waals surface area contributed by atoms with Gasteiger partial charge in [-0.05, 0) is 17.9 Å². The molecule has 0 fully saturated rings. The van der Waals surface area contributed by atoms with Crippen LogP contribution in [0.4, 0.5) is 4.79 Å². The van der Waals surface area contributed by atoms with Crippen LogP contribution in [0.3, 0.4) is 0 Å². The van der Waals surface area contributed by atoms with E-state index in [1.165, 1.54) is 4.91 Å². The fourth-order valence-corrected chi connectivity index (χ4v) is 2.82. The first-order chi connectivity index (χ1) is 11.9. The summed E-state index contributed by atoms with van der Waals surface area (Å²) in [4.78, 5) is 13.5. The highest BCUT2D eigenvalue weighted by atomic mass is 28.3. The second-order valence-corrected chi connectivity index (χ2v) is 12.4. The first-order valence-corrected chi connectivity index (χ1v) is 11.8. The topological polar surface area (TPSA) is 98.0 Å². The second kappa shape index (κ2) is 6.88. The van der Waals surface area contributed by atoms with Crippen LogP contribution in [-0.2, 0) is 16.2 Å². The van der Waals surface area contributed by atoms with Crippen LogP contribution >= 0.6 is 0 Å². The highest BCUT2D eigenvalue weighted by Gasteiger charge is 2.17. The number of aromatic nitrogens is 2. The maximum Gasteiger partial charge on any atom is 0.479 e. The number of benzene rings is 1. The van der Waals surface area contributed by atoms with E-state index < -0.39 is 14.2 Å². The first kappa shape index (κ1) is 17.5. The molecule has 0 N–H and O–H groups in total. The van der Waals surface area contributed by atoms with Crippen LogP contribution in [0.5, 0.6) is 0 Å². The van der Waals surface area contributed by atoms with E-state index in [9.17, 15) is 4.79 Å². The predicted octanol–water partition coefficient (Wildman–Crippen LogP) is 4.41. The SMILES string of the molecule is CCOC(=O)n1oc2cc3on(COCC[Si](C)(C)C)oc3cc2o1. The third-order valence-electron chi connectivity index (χ3n) is 3.38. The van der Waals surface area contributed by atoms with Crippen molar-refractivity contribution in [2.24, 2.45) is 0 Å². The standard InChI is InChI=1S/C15H22N2O7Si/c1-5-20-15(18)17-23-13-8-11-12(9-14(13)24-17)22-16(21-11)10-19-6-7-25(2,3)4/h8-9H,5-7,10H2,1-4H3. The molecule has 0 unspecified atom stereocenters. The van der Waals surface area contributed by atoms with Gasteiger partial charge in [0.25, 0.3) is 0 Å². The van der Waals surface area contributed by atoms with Gasteiger partial charge in [0.2, 0.25) is 22.3 Å². The first-order valence-electron chi connectivity index (χ1n) is 8.08. The molecule has 9 nitrogen and oxygen atoms in total. The van der Waals surface area contributed by atoms with E-state index in [1.54, 1.807) is 19.1 Å². The fraction of sp³-hybridized carbons (Fsp3) is 0.533. The van der Waals surface area contributed by atoms with E-state index in [4.69, 9.17) is 27.6 Å².